The van der Waals surface area contributed by atoms with Gasteiger partial charge in [0.1, 0.15) is 4.60 Å². The number of halogens is 1. The molecule has 21 heavy (non-hydrogen) atoms. The molecule has 1 fully saturated rings. The number of benzene rings is 1. The highest BCUT2D eigenvalue weighted by atomic mass is 79.9. The smallest absolute Gasteiger partial charge is 0.106 e. The Morgan fingerprint density at radius 1 is 1.24 bits per heavy atom. The molecule has 0 saturated carbocycles. The van der Waals surface area contributed by atoms with E-state index in [1.807, 2.05) is 12.3 Å². The van der Waals surface area contributed by atoms with E-state index >= 15 is 0 Å². The molecular formula is C17H20BrN3. The molecule has 110 valence electrons. The van der Waals surface area contributed by atoms with Crippen LogP contribution in [-0.2, 0) is 6.54 Å². The maximum absolute atomic E-state index is 4.27. The molecule has 1 saturated heterocycles. The van der Waals surface area contributed by atoms with E-state index in [0.29, 0.717) is 12.1 Å². The van der Waals surface area contributed by atoms with Crippen LogP contribution < -0.4 is 5.32 Å². The summed E-state index contributed by atoms with van der Waals surface area (Å²) in [5.41, 5.74) is 2.48. The van der Waals surface area contributed by atoms with Gasteiger partial charge in [-0.15, -0.1) is 0 Å². The predicted octanol–water partition coefficient (Wildman–Crippen LogP) is 3.92. The number of aromatic nitrogens is 1. The maximum atomic E-state index is 4.27. The summed E-state index contributed by atoms with van der Waals surface area (Å²) < 4.78 is 0.873. The fourth-order valence-electron chi connectivity index (χ4n) is 2.91. The molecule has 4 heteroatoms. The SMILES string of the molecule is CC1C(Nc2ccc(Br)nc2)CCN1Cc1ccccc1. The first-order chi connectivity index (χ1) is 10.2. The van der Waals surface area contributed by atoms with Crippen molar-refractivity contribution in [2.45, 2.75) is 32.0 Å². The Kier molecular flexibility index (Phi) is 4.56. The number of anilines is 1. The Morgan fingerprint density at radius 2 is 2.05 bits per heavy atom. The minimum Gasteiger partial charge on any atom is -0.379 e. The Bertz CT molecular complexity index is 570. The molecule has 2 unspecified atom stereocenters. The first-order valence-electron chi connectivity index (χ1n) is 7.38. The topological polar surface area (TPSA) is 28.2 Å². The quantitative estimate of drug-likeness (QED) is 0.851. The van der Waals surface area contributed by atoms with E-state index in [0.717, 1.165) is 23.4 Å². The molecule has 1 N–H and O–H groups in total. The molecule has 2 heterocycles. The number of likely N-dealkylation sites (tertiary alicyclic amines) is 1. The van der Waals surface area contributed by atoms with Crippen molar-refractivity contribution in [2.75, 3.05) is 11.9 Å². The van der Waals surface area contributed by atoms with Crippen molar-refractivity contribution in [3.8, 4) is 0 Å². The molecular weight excluding hydrogens is 326 g/mol. The lowest BCUT2D eigenvalue weighted by Crippen LogP contribution is -2.35. The summed E-state index contributed by atoms with van der Waals surface area (Å²) in [6.07, 6.45) is 3.06. The van der Waals surface area contributed by atoms with Gasteiger partial charge in [-0.3, -0.25) is 4.90 Å². The van der Waals surface area contributed by atoms with Gasteiger partial charge in [0.2, 0.25) is 0 Å². The van der Waals surface area contributed by atoms with Crippen molar-refractivity contribution >= 4 is 21.6 Å². The monoisotopic (exact) mass is 345 g/mol. The molecule has 1 aromatic heterocycles. The van der Waals surface area contributed by atoms with E-state index in [2.05, 4.69) is 74.5 Å². The van der Waals surface area contributed by atoms with E-state index < -0.39 is 0 Å². The van der Waals surface area contributed by atoms with E-state index in [4.69, 9.17) is 0 Å². The van der Waals surface area contributed by atoms with Crippen molar-refractivity contribution in [1.29, 1.82) is 0 Å². The van der Waals surface area contributed by atoms with Crippen LogP contribution in [0.1, 0.15) is 18.9 Å². The highest BCUT2D eigenvalue weighted by Crippen LogP contribution is 2.23. The summed E-state index contributed by atoms with van der Waals surface area (Å²) in [6, 6.07) is 15.7. The molecule has 3 rings (SSSR count). The molecule has 0 aliphatic carbocycles. The second-order valence-corrected chi connectivity index (χ2v) is 6.42. The predicted molar refractivity (Wildman–Crippen MR) is 90.3 cm³/mol. The van der Waals surface area contributed by atoms with Gasteiger partial charge in [-0.2, -0.15) is 0 Å². The first kappa shape index (κ1) is 14.5. The second kappa shape index (κ2) is 6.58. The van der Waals surface area contributed by atoms with Crippen molar-refractivity contribution in [1.82, 2.24) is 9.88 Å². The fourth-order valence-corrected chi connectivity index (χ4v) is 3.15. The van der Waals surface area contributed by atoms with Gasteiger partial charge in [0.25, 0.3) is 0 Å². The fraction of sp³-hybridized carbons (Fsp3) is 0.353. The first-order valence-corrected chi connectivity index (χ1v) is 8.18. The molecule has 3 nitrogen and oxygen atoms in total. The molecule has 0 amide bonds. The Balaban J connectivity index is 1.61. The van der Waals surface area contributed by atoms with E-state index in [1.165, 1.54) is 12.0 Å². The second-order valence-electron chi connectivity index (χ2n) is 5.61. The maximum Gasteiger partial charge on any atom is 0.106 e. The summed E-state index contributed by atoms with van der Waals surface area (Å²) in [7, 11) is 0. The Hall–Kier alpha value is -1.39. The number of hydrogen-bond donors (Lipinski definition) is 1. The minimum atomic E-state index is 0.483. The Morgan fingerprint density at radius 3 is 2.76 bits per heavy atom. The minimum absolute atomic E-state index is 0.483. The van der Waals surface area contributed by atoms with Gasteiger partial charge in [0.15, 0.2) is 0 Å². The van der Waals surface area contributed by atoms with Crippen LogP contribution in [0.5, 0.6) is 0 Å². The van der Waals surface area contributed by atoms with Gasteiger partial charge in [-0.25, -0.2) is 4.98 Å². The highest BCUT2D eigenvalue weighted by Gasteiger charge is 2.30. The third kappa shape index (κ3) is 3.63. The van der Waals surface area contributed by atoms with Crippen molar-refractivity contribution in [3.05, 3.63) is 58.8 Å². The highest BCUT2D eigenvalue weighted by molar-refractivity contribution is 9.10. The van der Waals surface area contributed by atoms with E-state index in [-0.39, 0.29) is 0 Å². The van der Waals surface area contributed by atoms with Crippen LogP contribution in [0.2, 0.25) is 0 Å². The van der Waals surface area contributed by atoms with Crippen LogP contribution >= 0.6 is 15.9 Å². The van der Waals surface area contributed by atoms with Crippen LogP contribution in [-0.4, -0.2) is 28.5 Å². The molecule has 2 atom stereocenters. The van der Waals surface area contributed by atoms with Gasteiger partial charge in [0, 0.05) is 25.2 Å². The van der Waals surface area contributed by atoms with Crippen molar-refractivity contribution < 1.29 is 0 Å². The van der Waals surface area contributed by atoms with Crippen LogP contribution in [0.4, 0.5) is 5.69 Å². The lowest BCUT2D eigenvalue weighted by Gasteiger charge is -2.25. The summed E-state index contributed by atoms with van der Waals surface area (Å²) in [4.78, 5) is 6.81. The Labute approximate surface area is 134 Å². The number of nitrogens with one attached hydrogen (secondary N) is 1. The standard InChI is InChI=1S/C17H20BrN3/c1-13-16(20-15-7-8-17(18)19-11-15)9-10-21(13)12-14-5-3-2-4-6-14/h2-8,11,13,16,20H,9-10,12H2,1H3. The summed E-state index contributed by atoms with van der Waals surface area (Å²) in [5, 5.41) is 3.61. The third-order valence-electron chi connectivity index (χ3n) is 4.19. The van der Waals surface area contributed by atoms with Gasteiger partial charge < -0.3 is 5.32 Å². The summed E-state index contributed by atoms with van der Waals surface area (Å²) in [5.74, 6) is 0. The third-order valence-corrected chi connectivity index (χ3v) is 4.66. The molecule has 1 aliphatic rings. The zero-order chi connectivity index (χ0) is 14.7. The average Bonchev–Trinajstić information content (AvgIpc) is 2.84. The molecule has 2 aromatic rings. The van der Waals surface area contributed by atoms with Gasteiger partial charge in [-0.05, 0) is 47.0 Å². The van der Waals surface area contributed by atoms with Crippen molar-refractivity contribution in [2.24, 2.45) is 0 Å². The van der Waals surface area contributed by atoms with Crippen LogP contribution in [0.15, 0.2) is 53.3 Å². The molecule has 1 aromatic carbocycles. The van der Waals surface area contributed by atoms with Crippen LogP contribution in [0, 0.1) is 0 Å². The largest absolute Gasteiger partial charge is 0.379 e. The number of rotatable bonds is 4. The van der Waals surface area contributed by atoms with E-state index in [9.17, 15) is 0 Å². The zero-order valence-corrected chi connectivity index (χ0v) is 13.8. The van der Waals surface area contributed by atoms with Crippen molar-refractivity contribution in [3.63, 3.8) is 0 Å². The average molecular weight is 346 g/mol. The molecule has 1 aliphatic heterocycles. The lowest BCUT2D eigenvalue weighted by atomic mass is 10.1. The number of pyridine rings is 1. The zero-order valence-electron chi connectivity index (χ0n) is 12.2. The van der Waals surface area contributed by atoms with Gasteiger partial charge in [-0.1, -0.05) is 30.3 Å². The normalized spacial score (nSPS) is 22.4. The molecule has 0 bridgehead atoms. The number of hydrogen-bond acceptors (Lipinski definition) is 3. The molecule has 0 radical (unpaired) electrons. The van der Waals surface area contributed by atoms with Gasteiger partial charge in [0.05, 0.1) is 11.9 Å². The summed E-state index contributed by atoms with van der Waals surface area (Å²) >= 11 is 3.37. The van der Waals surface area contributed by atoms with E-state index in [1.54, 1.807) is 0 Å². The van der Waals surface area contributed by atoms with Gasteiger partial charge >= 0.3 is 0 Å². The van der Waals surface area contributed by atoms with Crippen LogP contribution in [0.25, 0.3) is 0 Å². The molecule has 0 spiro atoms. The lowest BCUT2D eigenvalue weighted by molar-refractivity contribution is 0.255. The number of nitrogens with zero attached hydrogens (tertiary/aromatic N) is 2. The summed E-state index contributed by atoms with van der Waals surface area (Å²) in [6.45, 7) is 4.47. The van der Waals surface area contributed by atoms with Crippen LogP contribution in [0.3, 0.4) is 0 Å².